The molecule has 0 N–H and O–H groups in total. The fraction of sp³-hybridized carbons (Fsp3) is 0.462. The number of ketones is 1. The first kappa shape index (κ1) is 13.9. The van der Waals surface area contributed by atoms with Crippen molar-refractivity contribution >= 4 is 15.6 Å². The summed E-state index contributed by atoms with van der Waals surface area (Å²) in [6.45, 7) is 5.18. The Labute approximate surface area is 103 Å². The van der Waals surface area contributed by atoms with Crippen molar-refractivity contribution in [1.29, 1.82) is 0 Å². The van der Waals surface area contributed by atoms with Crippen molar-refractivity contribution < 1.29 is 13.2 Å². The largest absolute Gasteiger partial charge is 0.293 e. The molecule has 0 aliphatic heterocycles. The van der Waals surface area contributed by atoms with Gasteiger partial charge in [-0.25, -0.2) is 8.42 Å². The van der Waals surface area contributed by atoms with Crippen LogP contribution in [0.25, 0.3) is 0 Å². The predicted molar refractivity (Wildman–Crippen MR) is 69.0 cm³/mol. The summed E-state index contributed by atoms with van der Waals surface area (Å²) in [5.41, 5.74) is 1.44. The van der Waals surface area contributed by atoms with Crippen LogP contribution < -0.4 is 0 Å². The second-order valence-corrected chi connectivity index (χ2v) is 6.55. The maximum Gasteiger partial charge on any atom is 0.180 e. The zero-order valence-corrected chi connectivity index (χ0v) is 11.3. The molecule has 1 rings (SSSR count). The molecule has 0 amide bonds. The molecule has 3 nitrogen and oxygen atoms in total. The molecule has 0 saturated carbocycles. The van der Waals surface area contributed by atoms with Crippen molar-refractivity contribution in [2.45, 2.75) is 32.4 Å². The topological polar surface area (TPSA) is 51.2 Å². The van der Waals surface area contributed by atoms with Crippen LogP contribution in [-0.2, 0) is 9.84 Å². The lowest BCUT2D eigenvalue weighted by molar-refractivity contribution is 0.0985. The summed E-state index contributed by atoms with van der Waals surface area (Å²) in [6, 6.07) is 7.05. The van der Waals surface area contributed by atoms with Gasteiger partial charge in [-0.1, -0.05) is 37.6 Å². The summed E-state index contributed by atoms with van der Waals surface area (Å²) in [4.78, 5) is 12.2. The van der Waals surface area contributed by atoms with Gasteiger partial charge in [0.25, 0.3) is 0 Å². The van der Waals surface area contributed by atoms with Gasteiger partial charge in [-0.2, -0.15) is 0 Å². The highest BCUT2D eigenvalue weighted by molar-refractivity contribution is 7.92. The number of Topliss-reactive ketones (excluding diaryl/α,β-unsaturated/α-hetero) is 1. The van der Waals surface area contributed by atoms with E-state index in [1.165, 1.54) is 0 Å². The second kappa shape index (κ2) is 5.45. The Morgan fingerprint density at radius 1 is 1.29 bits per heavy atom. The molecule has 1 aromatic rings. The van der Waals surface area contributed by atoms with Gasteiger partial charge in [0.2, 0.25) is 0 Å². The molecule has 0 fully saturated rings. The van der Waals surface area contributed by atoms with Crippen LogP contribution in [0.4, 0.5) is 0 Å². The van der Waals surface area contributed by atoms with Crippen LogP contribution in [0, 0.1) is 6.92 Å². The number of hydrogen-bond donors (Lipinski definition) is 0. The molecular formula is C13H18O3S. The Morgan fingerprint density at radius 3 is 2.41 bits per heavy atom. The third-order valence-corrected chi connectivity index (χ3v) is 5.02. The average molecular weight is 254 g/mol. The lowest BCUT2D eigenvalue weighted by Gasteiger charge is -2.13. The molecule has 4 heteroatoms. The van der Waals surface area contributed by atoms with Crippen molar-refractivity contribution in [2.75, 3.05) is 5.75 Å². The lowest BCUT2D eigenvalue weighted by atomic mass is 10.0. The first-order valence-electron chi connectivity index (χ1n) is 5.74. The van der Waals surface area contributed by atoms with Crippen molar-refractivity contribution in [3.63, 3.8) is 0 Å². The van der Waals surface area contributed by atoms with Crippen molar-refractivity contribution in [3.8, 4) is 0 Å². The van der Waals surface area contributed by atoms with Crippen LogP contribution in [0.1, 0.15) is 36.2 Å². The Bertz CT molecular complexity index is 503. The minimum absolute atomic E-state index is 0.00304. The fourth-order valence-electron chi connectivity index (χ4n) is 1.79. The van der Waals surface area contributed by atoms with E-state index < -0.39 is 15.1 Å². The third kappa shape index (κ3) is 3.16. The molecule has 0 aromatic heterocycles. The van der Waals surface area contributed by atoms with Crippen molar-refractivity contribution in [2.24, 2.45) is 0 Å². The molecular weight excluding hydrogens is 236 g/mol. The smallest absolute Gasteiger partial charge is 0.180 e. The van der Waals surface area contributed by atoms with Crippen LogP contribution in [0.5, 0.6) is 0 Å². The van der Waals surface area contributed by atoms with Gasteiger partial charge in [-0.05, 0) is 19.4 Å². The quantitative estimate of drug-likeness (QED) is 0.758. The summed E-state index contributed by atoms with van der Waals surface area (Å²) in [7, 11) is -3.32. The number of carbonyl (C=O) groups excluding carboxylic acids is 1. The fourth-order valence-corrected chi connectivity index (χ4v) is 3.16. The maximum atomic E-state index is 12.2. The zero-order chi connectivity index (χ0) is 13.1. The minimum atomic E-state index is -3.32. The number of sulfone groups is 1. The molecule has 0 aliphatic rings. The highest BCUT2D eigenvalue weighted by atomic mass is 32.2. The first-order valence-corrected chi connectivity index (χ1v) is 7.46. The highest BCUT2D eigenvalue weighted by Crippen LogP contribution is 2.15. The van der Waals surface area contributed by atoms with E-state index in [1.54, 1.807) is 32.0 Å². The number of aryl methyl sites for hydroxylation is 1. The second-order valence-electron chi connectivity index (χ2n) is 4.08. The number of benzene rings is 1. The zero-order valence-electron chi connectivity index (χ0n) is 10.4. The van der Waals surface area contributed by atoms with Gasteiger partial charge < -0.3 is 0 Å². The van der Waals surface area contributed by atoms with E-state index in [1.807, 2.05) is 13.0 Å². The van der Waals surface area contributed by atoms with Crippen LogP contribution >= 0.6 is 0 Å². The van der Waals surface area contributed by atoms with Gasteiger partial charge in [-0.15, -0.1) is 0 Å². The van der Waals surface area contributed by atoms with E-state index in [0.717, 1.165) is 5.56 Å². The number of rotatable bonds is 5. The van der Waals surface area contributed by atoms with E-state index in [-0.39, 0.29) is 11.5 Å². The molecule has 0 radical (unpaired) electrons. The molecule has 1 aromatic carbocycles. The van der Waals surface area contributed by atoms with Gasteiger partial charge in [0.15, 0.2) is 15.6 Å². The first-order chi connectivity index (χ1) is 7.92. The minimum Gasteiger partial charge on any atom is -0.293 e. The standard InChI is InChI=1S/C13H18O3S/c1-4-12(17(15,16)5-2)13(14)11-8-6-7-10(3)9-11/h6-9,12H,4-5H2,1-3H3. The van der Waals surface area contributed by atoms with E-state index in [4.69, 9.17) is 0 Å². The Kier molecular flexibility index (Phi) is 4.46. The average Bonchev–Trinajstić information content (AvgIpc) is 2.29. The highest BCUT2D eigenvalue weighted by Gasteiger charge is 2.29. The molecule has 17 heavy (non-hydrogen) atoms. The summed E-state index contributed by atoms with van der Waals surface area (Å²) >= 11 is 0. The van der Waals surface area contributed by atoms with E-state index in [9.17, 15) is 13.2 Å². The van der Waals surface area contributed by atoms with E-state index in [0.29, 0.717) is 12.0 Å². The van der Waals surface area contributed by atoms with Gasteiger partial charge in [0, 0.05) is 11.3 Å². The van der Waals surface area contributed by atoms with Gasteiger partial charge >= 0.3 is 0 Å². The Morgan fingerprint density at radius 2 is 1.94 bits per heavy atom. The van der Waals surface area contributed by atoms with Gasteiger partial charge in [-0.3, -0.25) is 4.79 Å². The summed E-state index contributed by atoms with van der Waals surface area (Å²) in [6.07, 6.45) is 0.322. The molecule has 0 saturated heterocycles. The monoisotopic (exact) mass is 254 g/mol. The molecule has 0 aliphatic carbocycles. The molecule has 1 atom stereocenters. The van der Waals surface area contributed by atoms with Crippen LogP contribution in [0.15, 0.2) is 24.3 Å². The Balaban J connectivity index is 3.11. The van der Waals surface area contributed by atoms with Crippen LogP contribution in [0.3, 0.4) is 0 Å². The Hall–Kier alpha value is -1.16. The van der Waals surface area contributed by atoms with Crippen LogP contribution in [0.2, 0.25) is 0 Å². The SMILES string of the molecule is CCC(C(=O)c1cccc(C)c1)S(=O)(=O)CC. The number of hydrogen-bond acceptors (Lipinski definition) is 3. The van der Waals surface area contributed by atoms with Crippen LogP contribution in [-0.4, -0.2) is 25.2 Å². The van der Waals surface area contributed by atoms with Gasteiger partial charge in [0.1, 0.15) is 5.25 Å². The maximum absolute atomic E-state index is 12.2. The third-order valence-electron chi connectivity index (χ3n) is 2.80. The molecule has 1 unspecified atom stereocenters. The predicted octanol–water partition coefficient (Wildman–Crippen LogP) is 2.39. The van der Waals surface area contributed by atoms with Crippen molar-refractivity contribution in [1.82, 2.24) is 0 Å². The molecule has 0 heterocycles. The normalized spacial score (nSPS) is 13.4. The summed E-state index contributed by atoms with van der Waals surface area (Å²) in [5, 5.41) is -0.908. The van der Waals surface area contributed by atoms with Gasteiger partial charge in [0.05, 0.1) is 0 Å². The van der Waals surface area contributed by atoms with E-state index in [2.05, 4.69) is 0 Å². The molecule has 0 spiro atoms. The molecule has 94 valence electrons. The molecule has 0 bridgehead atoms. The lowest BCUT2D eigenvalue weighted by Crippen LogP contribution is -2.31. The van der Waals surface area contributed by atoms with Crippen molar-refractivity contribution in [3.05, 3.63) is 35.4 Å². The number of carbonyl (C=O) groups is 1. The summed E-state index contributed by atoms with van der Waals surface area (Å²) in [5.74, 6) is -0.290. The summed E-state index contributed by atoms with van der Waals surface area (Å²) < 4.78 is 23.6. The van der Waals surface area contributed by atoms with E-state index >= 15 is 0 Å².